The first-order valence-corrected chi connectivity index (χ1v) is 6.87. The fraction of sp³-hybridized carbons (Fsp3) is 0.769. The Morgan fingerprint density at radius 3 is 3.05 bits per heavy atom. The third-order valence-electron chi connectivity index (χ3n) is 4.18. The first-order valence-electron chi connectivity index (χ1n) is 6.87. The Hall–Kier alpha value is -1.43. The predicted octanol–water partition coefficient (Wildman–Crippen LogP) is 1.56. The molecule has 3 rings (SSSR count). The third kappa shape index (κ3) is 2.49. The van der Waals surface area contributed by atoms with Crippen LogP contribution < -0.4 is 0 Å². The molecule has 0 amide bonds. The van der Waals surface area contributed by atoms with Gasteiger partial charge in [-0.05, 0) is 25.7 Å². The van der Waals surface area contributed by atoms with Crippen LogP contribution in [0.3, 0.4) is 0 Å². The minimum atomic E-state index is -0.453. The first kappa shape index (κ1) is 12.6. The number of rotatable bonds is 3. The van der Waals surface area contributed by atoms with Gasteiger partial charge in [-0.1, -0.05) is 18.1 Å². The molecule has 104 valence electrons. The van der Waals surface area contributed by atoms with Crippen LogP contribution in [-0.2, 0) is 16.0 Å². The minimum absolute atomic E-state index is 0.135. The Balaban J connectivity index is 1.60. The van der Waals surface area contributed by atoms with Crippen molar-refractivity contribution in [2.45, 2.75) is 56.8 Å². The van der Waals surface area contributed by atoms with Gasteiger partial charge in [0.05, 0.1) is 31.6 Å². The average molecular weight is 265 g/mol. The number of carbonyl (C=O) groups is 1. The highest BCUT2D eigenvalue weighted by Gasteiger charge is 2.42. The van der Waals surface area contributed by atoms with Crippen molar-refractivity contribution < 1.29 is 14.3 Å². The number of nitrogens with zero attached hydrogens (tertiary/aromatic N) is 3. The first-order chi connectivity index (χ1) is 9.21. The van der Waals surface area contributed by atoms with Crippen molar-refractivity contribution in [2.24, 2.45) is 0 Å². The fourth-order valence-corrected chi connectivity index (χ4v) is 3.21. The molecule has 6 nitrogen and oxygen atoms in total. The summed E-state index contributed by atoms with van der Waals surface area (Å²) in [6.45, 7) is 0.658. The SMILES string of the molecule is COC(=O)c1cn(CC2CCC3(CCCC3)O2)nn1. The highest BCUT2D eigenvalue weighted by Crippen LogP contribution is 2.43. The summed E-state index contributed by atoms with van der Waals surface area (Å²) in [5.74, 6) is -0.453. The molecule has 1 saturated heterocycles. The lowest BCUT2D eigenvalue weighted by Gasteiger charge is -2.23. The van der Waals surface area contributed by atoms with Crippen molar-refractivity contribution in [1.29, 1.82) is 0 Å². The molecule has 0 radical (unpaired) electrons. The van der Waals surface area contributed by atoms with Gasteiger partial charge in [-0.15, -0.1) is 5.10 Å². The summed E-state index contributed by atoms with van der Waals surface area (Å²) in [4.78, 5) is 11.3. The highest BCUT2D eigenvalue weighted by molar-refractivity contribution is 5.86. The normalized spacial score (nSPS) is 25.0. The van der Waals surface area contributed by atoms with E-state index in [0.717, 1.165) is 12.8 Å². The van der Waals surface area contributed by atoms with Crippen molar-refractivity contribution >= 4 is 5.97 Å². The number of esters is 1. The van der Waals surface area contributed by atoms with Crippen molar-refractivity contribution in [3.05, 3.63) is 11.9 Å². The summed E-state index contributed by atoms with van der Waals surface area (Å²) in [6, 6.07) is 0. The van der Waals surface area contributed by atoms with Crippen LogP contribution in [0.5, 0.6) is 0 Å². The smallest absolute Gasteiger partial charge is 0.360 e. The van der Waals surface area contributed by atoms with E-state index < -0.39 is 5.97 Å². The van der Waals surface area contributed by atoms with Gasteiger partial charge >= 0.3 is 5.97 Å². The zero-order valence-electron chi connectivity index (χ0n) is 11.2. The molecule has 0 aromatic carbocycles. The van der Waals surface area contributed by atoms with E-state index in [-0.39, 0.29) is 17.4 Å². The van der Waals surface area contributed by atoms with E-state index in [4.69, 9.17) is 4.74 Å². The molecular weight excluding hydrogens is 246 g/mol. The topological polar surface area (TPSA) is 66.2 Å². The van der Waals surface area contributed by atoms with Gasteiger partial charge in [0, 0.05) is 0 Å². The molecule has 1 aromatic rings. The van der Waals surface area contributed by atoms with Crippen LogP contribution in [0.4, 0.5) is 0 Å². The lowest BCUT2D eigenvalue weighted by Crippen LogP contribution is -2.26. The maximum absolute atomic E-state index is 11.3. The van der Waals surface area contributed by atoms with Crippen molar-refractivity contribution in [3.63, 3.8) is 0 Å². The predicted molar refractivity (Wildman–Crippen MR) is 66.7 cm³/mol. The molecule has 2 aliphatic rings. The van der Waals surface area contributed by atoms with Gasteiger partial charge in [-0.3, -0.25) is 0 Å². The van der Waals surface area contributed by atoms with E-state index in [1.54, 1.807) is 10.9 Å². The maximum atomic E-state index is 11.3. The zero-order valence-corrected chi connectivity index (χ0v) is 11.2. The molecule has 1 aromatic heterocycles. The van der Waals surface area contributed by atoms with E-state index in [0.29, 0.717) is 6.54 Å². The summed E-state index contributed by atoms with van der Waals surface area (Å²) in [5.41, 5.74) is 0.382. The monoisotopic (exact) mass is 265 g/mol. The maximum Gasteiger partial charge on any atom is 0.360 e. The van der Waals surface area contributed by atoms with Crippen LogP contribution in [0, 0.1) is 0 Å². The van der Waals surface area contributed by atoms with Crippen LogP contribution >= 0.6 is 0 Å². The van der Waals surface area contributed by atoms with Gasteiger partial charge < -0.3 is 9.47 Å². The Morgan fingerprint density at radius 1 is 1.53 bits per heavy atom. The van der Waals surface area contributed by atoms with Gasteiger partial charge in [0.25, 0.3) is 0 Å². The largest absolute Gasteiger partial charge is 0.464 e. The van der Waals surface area contributed by atoms with Crippen molar-refractivity contribution in [2.75, 3.05) is 7.11 Å². The van der Waals surface area contributed by atoms with Gasteiger partial charge in [-0.25, -0.2) is 9.48 Å². The molecule has 1 spiro atoms. The van der Waals surface area contributed by atoms with E-state index in [9.17, 15) is 4.79 Å². The molecule has 1 aliphatic heterocycles. The number of hydrogen-bond acceptors (Lipinski definition) is 5. The number of methoxy groups -OCH3 is 1. The van der Waals surface area contributed by atoms with E-state index in [2.05, 4.69) is 15.0 Å². The summed E-state index contributed by atoms with van der Waals surface area (Å²) in [6.07, 6.45) is 8.96. The summed E-state index contributed by atoms with van der Waals surface area (Å²) < 4.78 is 12.5. The summed E-state index contributed by atoms with van der Waals surface area (Å²) in [5, 5.41) is 7.75. The molecule has 6 heteroatoms. The number of aromatic nitrogens is 3. The standard InChI is InChI=1S/C13H19N3O3/c1-18-12(17)11-9-16(15-14-11)8-10-4-7-13(19-10)5-2-3-6-13/h9-10H,2-8H2,1H3. The quantitative estimate of drug-likeness (QED) is 0.776. The molecule has 1 unspecified atom stereocenters. The molecular formula is C13H19N3O3. The average Bonchev–Trinajstić information content (AvgIpc) is 3.13. The lowest BCUT2D eigenvalue weighted by atomic mass is 9.98. The lowest BCUT2D eigenvalue weighted by molar-refractivity contribution is -0.0430. The van der Waals surface area contributed by atoms with Crippen LogP contribution in [0.2, 0.25) is 0 Å². The van der Waals surface area contributed by atoms with Crippen molar-refractivity contribution in [3.8, 4) is 0 Å². The van der Waals surface area contributed by atoms with Crippen LogP contribution in [0.25, 0.3) is 0 Å². The molecule has 1 saturated carbocycles. The second kappa shape index (κ2) is 4.92. The number of carbonyl (C=O) groups excluding carboxylic acids is 1. The molecule has 2 heterocycles. The second-order valence-corrected chi connectivity index (χ2v) is 5.49. The number of ether oxygens (including phenoxy) is 2. The zero-order chi connectivity index (χ0) is 13.3. The second-order valence-electron chi connectivity index (χ2n) is 5.49. The number of hydrogen-bond donors (Lipinski definition) is 0. The van der Waals surface area contributed by atoms with Crippen LogP contribution in [0.15, 0.2) is 6.20 Å². The molecule has 0 bridgehead atoms. The van der Waals surface area contributed by atoms with E-state index in [1.807, 2.05) is 0 Å². The van der Waals surface area contributed by atoms with Gasteiger partial charge in [0.15, 0.2) is 5.69 Å². The summed E-state index contributed by atoms with van der Waals surface area (Å²) >= 11 is 0. The molecule has 1 aliphatic carbocycles. The molecule has 19 heavy (non-hydrogen) atoms. The van der Waals surface area contributed by atoms with Gasteiger partial charge in [0.1, 0.15) is 0 Å². The van der Waals surface area contributed by atoms with E-state index >= 15 is 0 Å². The van der Waals surface area contributed by atoms with Gasteiger partial charge in [-0.2, -0.15) is 0 Å². The molecule has 1 atom stereocenters. The van der Waals surface area contributed by atoms with Gasteiger partial charge in [0.2, 0.25) is 0 Å². The Kier molecular flexibility index (Phi) is 3.26. The summed E-state index contributed by atoms with van der Waals surface area (Å²) in [7, 11) is 1.34. The molecule has 0 N–H and O–H groups in total. The van der Waals surface area contributed by atoms with Crippen molar-refractivity contribution in [1.82, 2.24) is 15.0 Å². The van der Waals surface area contributed by atoms with E-state index in [1.165, 1.54) is 32.8 Å². The molecule has 2 fully saturated rings. The van der Waals surface area contributed by atoms with Crippen LogP contribution in [-0.4, -0.2) is 39.8 Å². The highest BCUT2D eigenvalue weighted by atomic mass is 16.5. The van der Waals surface area contributed by atoms with Crippen LogP contribution in [0.1, 0.15) is 49.0 Å². The Labute approximate surface area is 112 Å². The Bertz CT molecular complexity index is 465. The minimum Gasteiger partial charge on any atom is -0.464 e. The Morgan fingerprint density at radius 2 is 2.32 bits per heavy atom. The fourth-order valence-electron chi connectivity index (χ4n) is 3.21. The third-order valence-corrected chi connectivity index (χ3v) is 4.18.